The number of hydrogen-bond donors (Lipinski definition) is 0. The number of alkyl halides is 3. The number of likely N-dealkylation sites (tertiary alicyclic amines) is 1. The maximum atomic E-state index is 14.1. The predicted octanol–water partition coefficient (Wildman–Crippen LogP) is 4.16. The number of thiazole rings is 1. The summed E-state index contributed by atoms with van der Waals surface area (Å²) in [6, 6.07) is 4.57. The second-order valence-electron chi connectivity index (χ2n) is 9.92. The zero-order chi connectivity index (χ0) is 26.8. The Bertz CT molecular complexity index is 1420. The summed E-state index contributed by atoms with van der Waals surface area (Å²) in [5, 5.41) is 10.4. The SMILES string of the molecule is Cc1cc(C(F)(F)F)n(CC(=O)N2CC3(C2)CN(c2nc(C4=NOC(c5c(F)cccc5F)C4)cs2)C3)n1. The molecular formula is C24H21F5N6O2S. The molecule has 1 amide bonds. The van der Waals surface area contributed by atoms with Gasteiger partial charge in [0.15, 0.2) is 11.2 Å². The van der Waals surface area contributed by atoms with Crippen molar-refractivity contribution in [2.75, 3.05) is 31.1 Å². The molecule has 3 aliphatic rings. The van der Waals surface area contributed by atoms with Gasteiger partial charge in [0.1, 0.15) is 35.3 Å². The van der Waals surface area contributed by atoms with E-state index in [1.165, 1.54) is 36.5 Å². The summed E-state index contributed by atoms with van der Waals surface area (Å²) in [5.74, 6) is -1.78. The van der Waals surface area contributed by atoms with Gasteiger partial charge >= 0.3 is 6.18 Å². The first-order chi connectivity index (χ1) is 18.0. The van der Waals surface area contributed by atoms with Crippen molar-refractivity contribution in [1.29, 1.82) is 0 Å². The molecule has 2 aromatic heterocycles. The number of aromatic nitrogens is 3. The molecule has 200 valence electrons. The molecule has 3 aromatic rings. The largest absolute Gasteiger partial charge is 0.433 e. The van der Waals surface area contributed by atoms with Gasteiger partial charge < -0.3 is 14.6 Å². The Hall–Kier alpha value is -3.55. The van der Waals surface area contributed by atoms with Gasteiger partial charge in [-0.05, 0) is 25.1 Å². The van der Waals surface area contributed by atoms with Gasteiger partial charge in [-0.2, -0.15) is 18.3 Å². The number of nitrogens with zero attached hydrogens (tertiary/aromatic N) is 6. The molecule has 0 radical (unpaired) electrons. The van der Waals surface area contributed by atoms with Crippen LogP contribution in [-0.2, 0) is 22.4 Å². The zero-order valence-corrected chi connectivity index (χ0v) is 20.8. The van der Waals surface area contributed by atoms with Crippen LogP contribution in [0.25, 0.3) is 0 Å². The molecule has 1 atom stereocenters. The van der Waals surface area contributed by atoms with E-state index in [9.17, 15) is 26.7 Å². The van der Waals surface area contributed by atoms with E-state index >= 15 is 0 Å². The number of benzene rings is 1. The molecule has 0 N–H and O–H groups in total. The van der Waals surface area contributed by atoms with Gasteiger partial charge in [-0.3, -0.25) is 9.48 Å². The lowest BCUT2D eigenvalue weighted by Gasteiger charge is -2.60. The number of carbonyl (C=O) groups excluding carboxylic acids is 1. The van der Waals surface area contributed by atoms with Gasteiger partial charge in [0.05, 0.1) is 11.3 Å². The minimum Gasteiger partial charge on any atom is -0.387 e. The van der Waals surface area contributed by atoms with Crippen molar-refractivity contribution in [1.82, 2.24) is 19.7 Å². The summed E-state index contributed by atoms with van der Waals surface area (Å²) in [7, 11) is 0. The molecule has 0 saturated carbocycles. The van der Waals surface area contributed by atoms with Crippen LogP contribution >= 0.6 is 11.3 Å². The average Bonchev–Trinajstić information content (AvgIpc) is 3.51. The third kappa shape index (κ3) is 4.29. The Kier molecular flexibility index (Phi) is 5.70. The molecule has 38 heavy (non-hydrogen) atoms. The first-order valence-electron chi connectivity index (χ1n) is 11.8. The smallest absolute Gasteiger partial charge is 0.387 e. The Balaban J connectivity index is 1.02. The molecule has 2 saturated heterocycles. The number of oxime groups is 1. The monoisotopic (exact) mass is 552 g/mol. The second-order valence-corrected chi connectivity index (χ2v) is 10.8. The number of hydrogen-bond acceptors (Lipinski definition) is 7. The summed E-state index contributed by atoms with van der Waals surface area (Å²) >= 11 is 1.41. The second kappa shape index (κ2) is 8.75. The standard InChI is InChI=1S/C24H21F5N6O2S/c1-13-5-19(24(27,28)29)35(31-13)7-20(36)33-9-23(10-33)11-34(12-23)22-30-17(8-38-22)16-6-18(37-32-16)21-14(25)3-2-4-15(21)26/h2-5,8,18H,6-7,9-12H2,1H3. The van der Waals surface area contributed by atoms with E-state index in [0.29, 0.717) is 42.3 Å². The molecule has 1 spiro atoms. The molecular weight excluding hydrogens is 531 g/mol. The Morgan fingerprint density at radius 1 is 1.18 bits per heavy atom. The van der Waals surface area contributed by atoms with Crippen molar-refractivity contribution in [2.24, 2.45) is 10.6 Å². The predicted molar refractivity (Wildman–Crippen MR) is 127 cm³/mol. The van der Waals surface area contributed by atoms with Crippen LogP contribution in [0.4, 0.5) is 27.1 Å². The van der Waals surface area contributed by atoms with Crippen molar-refractivity contribution >= 4 is 28.1 Å². The van der Waals surface area contributed by atoms with Crippen LogP contribution in [-0.4, -0.2) is 57.5 Å². The fourth-order valence-electron chi connectivity index (χ4n) is 5.20. The molecule has 1 unspecified atom stereocenters. The molecule has 0 bridgehead atoms. The summed E-state index contributed by atoms with van der Waals surface area (Å²) in [4.78, 5) is 26.1. The average molecular weight is 553 g/mol. The normalized spacial score (nSPS) is 20.3. The van der Waals surface area contributed by atoms with Crippen LogP contribution in [0, 0.1) is 24.0 Å². The summed E-state index contributed by atoms with van der Waals surface area (Å²) in [5.41, 5.74) is 0.0696. The van der Waals surface area contributed by atoms with Gasteiger partial charge in [-0.1, -0.05) is 11.2 Å². The van der Waals surface area contributed by atoms with E-state index in [1.54, 1.807) is 4.90 Å². The third-order valence-corrected chi connectivity index (χ3v) is 7.89. The van der Waals surface area contributed by atoms with Crippen molar-refractivity contribution in [2.45, 2.75) is 32.2 Å². The fourth-order valence-corrected chi connectivity index (χ4v) is 6.04. The van der Waals surface area contributed by atoms with Crippen molar-refractivity contribution in [3.8, 4) is 0 Å². The molecule has 14 heteroatoms. The van der Waals surface area contributed by atoms with Gasteiger partial charge in [0.25, 0.3) is 0 Å². The van der Waals surface area contributed by atoms with Crippen molar-refractivity contribution < 1.29 is 31.6 Å². The van der Waals surface area contributed by atoms with E-state index < -0.39 is 42.1 Å². The maximum Gasteiger partial charge on any atom is 0.433 e. The number of halogens is 5. The lowest BCUT2D eigenvalue weighted by Crippen LogP contribution is -2.73. The van der Waals surface area contributed by atoms with E-state index in [-0.39, 0.29) is 23.1 Å². The Morgan fingerprint density at radius 3 is 2.58 bits per heavy atom. The van der Waals surface area contributed by atoms with Gasteiger partial charge in [0, 0.05) is 43.4 Å². The molecule has 2 fully saturated rings. The number of anilines is 1. The first kappa shape index (κ1) is 24.8. The van der Waals surface area contributed by atoms with E-state index in [1.807, 2.05) is 5.38 Å². The van der Waals surface area contributed by atoms with Crippen LogP contribution in [0.5, 0.6) is 0 Å². The summed E-state index contributed by atoms with van der Waals surface area (Å²) < 4.78 is 68.5. The zero-order valence-electron chi connectivity index (χ0n) is 20.0. The summed E-state index contributed by atoms with van der Waals surface area (Å²) in [6.07, 6.45) is -5.25. The molecule has 0 aliphatic carbocycles. The quantitative estimate of drug-likeness (QED) is 0.445. The van der Waals surface area contributed by atoms with E-state index in [4.69, 9.17) is 4.84 Å². The van der Waals surface area contributed by atoms with Crippen LogP contribution in [0.1, 0.15) is 35.2 Å². The van der Waals surface area contributed by atoms with Crippen molar-refractivity contribution in [3.05, 3.63) is 63.9 Å². The van der Waals surface area contributed by atoms with Crippen LogP contribution in [0.3, 0.4) is 0 Å². The fraction of sp³-hybridized carbons (Fsp3) is 0.417. The lowest BCUT2D eigenvalue weighted by molar-refractivity contribution is -0.150. The van der Waals surface area contributed by atoms with E-state index in [2.05, 4.69) is 20.1 Å². The minimum absolute atomic E-state index is 0.115. The summed E-state index contributed by atoms with van der Waals surface area (Å²) in [6.45, 7) is 3.22. The molecule has 8 nitrogen and oxygen atoms in total. The Morgan fingerprint density at radius 2 is 1.89 bits per heavy atom. The highest BCUT2D eigenvalue weighted by Crippen LogP contribution is 2.43. The number of rotatable bonds is 5. The molecule has 1 aromatic carbocycles. The van der Waals surface area contributed by atoms with Crippen molar-refractivity contribution in [3.63, 3.8) is 0 Å². The highest BCUT2D eigenvalue weighted by atomic mass is 32.1. The molecule has 5 heterocycles. The number of carbonyl (C=O) groups is 1. The maximum absolute atomic E-state index is 14.1. The van der Waals surface area contributed by atoms with Crippen LogP contribution in [0.15, 0.2) is 34.8 Å². The minimum atomic E-state index is -4.58. The van der Waals surface area contributed by atoms with Gasteiger partial charge in [0.2, 0.25) is 5.91 Å². The molecule has 6 rings (SSSR count). The van der Waals surface area contributed by atoms with Gasteiger partial charge in [-0.25, -0.2) is 13.8 Å². The third-order valence-electron chi connectivity index (χ3n) is 6.98. The Labute approximate surface area is 217 Å². The van der Waals surface area contributed by atoms with Crippen LogP contribution < -0.4 is 4.90 Å². The van der Waals surface area contributed by atoms with Crippen LogP contribution in [0.2, 0.25) is 0 Å². The lowest BCUT2D eigenvalue weighted by atomic mass is 9.73. The van der Waals surface area contributed by atoms with Gasteiger partial charge in [-0.15, -0.1) is 11.3 Å². The first-order valence-corrected chi connectivity index (χ1v) is 12.7. The topological polar surface area (TPSA) is 75.9 Å². The highest BCUT2D eigenvalue weighted by Gasteiger charge is 2.54. The number of amides is 1. The number of aryl methyl sites for hydroxylation is 1. The van der Waals surface area contributed by atoms with E-state index in [0.717, 1.165) is 11.2 Å². The highest BCUT2D eigenvalue weighted by molar-refractivity contribution is 7.14. The molecule has 3 aliphatic heterocycles.